The van der Waals surface area contributed by atoms with Gasteiger partial charge in [-0.05, 0) is 24.1 Å². The summed E-state index contributed by atoms with van der Waals surface area (Å²) in [5.41, 5.74) is 8.69. The minimum atomic E-state index is -1.03. The molecule has 0 spiro atoms. The summed E-state index contributed by atoms with van der Waals surface area (Å²) in [4.78, 5) is 13.6. The van der Waals surface area contributed by atoms with Crippen LogP contribution in [-0.2, 0) is 0 Å². The summed E-state index contributed by atoms with van der Waals surface area (Å²) in [5.74, 6) is -1.03. The van der Waals surface area contributed by atoms with Gasteiger partial charge in [-0.1, -0.05) is 34.9 Å². The Balaban J connectivity index is 2.89. The van der Waals surface area contributed by atoms with Crippen LogP contribution in [0.2, 0.25) is 5.02 Å². The number of carbonyl (C=O) groups is 1. The average molecular weight is 252 g/mol. The Morgan fingerprint density at radius 1 is 1.59 bits per heavy atom. The molecule has 0 amide bonds. The van der Waals surface area contributed by atoms with E-state index in [1.807, 2.05) is 0 Å². The molecule has 0 aromatic heterocycles. The Morgan fingerprint density at radius 3 is 3.00 bits per heavy atom. The van der Waals surface area contributed by atoms with E-state index in [-0.39, 0.29) is 5.56 Å². The number of halogens is 1. The topological polar surface area (TPSA) is 86.1 Å². The number of hydrogen-bond acceptors (Lipinski definition) is 2. The number of hydrogen-bond donors (Lipinski definition) is 1. The molecule has 0 heterocycles. The van der Waals surface area contributed by atoms with E-state index in [1.54, 1.807) is 24.3 Å². The Bertz CT molecular complexity index is 493. The zero-order valence-electron chi connectivity index (χ0n) is 8.88. The van der Waals surface area contributed by atoms with Gasteiger partial charge >= 0.3 is 5.97 Å². The molecule has 0 saturated heterocycles. The van der Waals surface area contributed by atoms with Crippen molar-refractivity contribution in [3.8, 4) is 0 Å². The van der Waals surface area contributed by atoms with Crippen molar-refractivity contribution < 1.29 is 9.90 Å². The summed E-state index contributed by atoms with van der Waals surface area (Å²) in [6.45, 7) is 0.333. The van der Waals surface area contributed by atoms with Crippen LogP contribution >= 0.6 is 11.6 Å². The normalized spacial score (nSPS) is 10.2. The Kier molecular flexibility index (Phi) is 5.07. The number of aromatic carboxylic acids is 1. The first kappa shape index (κ1) is 13.1. The van der Waals surface area contributed by atoms with Gasteiger partial charge in [-0.3, -0.25) is 0 Å². The molecule has 0 unspecified atom stereocenters. The standard InChI is InChI=1S/C11H10ClN3O2/c12-10-6-3-5-9(11(16)17)8(10)4-1-2-7-14-15-13/h1,3-6H,2,7H2,(H,16,17). The predicted octanol–water partition coefficient (Wildman–Crippen LogP) is 3.75. The van der Waals surface area contributed by atoms with Gasteiger partial charge in [0, 0.05) is 22.0 Å². The van der Waals surface area contributed by atoms with Gasteiger partial charge in [-0.2, -0.15) is 0 Å². The number of rotatable bonds is 5. The van der Waals surface area contributed by atoms with Gasteiger partial charge in [0.05, 0.1) is 5.56 Å². The molecule has 1 aromatic rings. The molecule has 17 heavy (non-hydrogen) atoms. The summed E-state index contributed by atoms with van der Waals surface area (Å²) < 4.78 is 0. The maximum absolute atomic E-state index is 11.0. The second-order valence-electron chi connectivity index (χ2n) is 3.15. The molecule has 0 aliphatic rings. The van der Waals surface area contributed by atoms with Gasteiger partial charge in [0.2, 0.25) is 0 Å². The van der Waals surface area contributed by atoms with Crippen molar-refractivity contribution in [2.24, 2.45) is 5.11 Å². The second kappa shape index (κ2) is 6.58. The number of nitrogens with zero attached hydrogens (tertiary/aromatic N) is 3. The molecule has 5 nitrogen and oxygen atoms in total. The minimum Gasteiger partial charge on any atom is -0.478 e. The van der Waals surface area contributed by atoms with Crippen molar-refractivity contribution in [3.05, 3.63) is 50.9 Å². The molecule has 1 N–H and O–H groups in total. The quantitative estimate of drug-likeness (QED) is 0.374. The van der Waals surface area contributed by atoms with Gasteiger partial charge in [-0.15, -0.1) is 0 Å². The molecule has 0 atom stereocenters. The summed E-state index contributed by atoms with van der Waals surface area (Å²) in [6.07, 6.45) is 3.88. The lowest BCUT2D eigenvalue weighted by Gasteiger charge is -2.02. The lowest BCUT2D eigenvalue weighted by atomic mass is 10.1. The molecule has 0 bridgehead atoms. The molecule has 6 heteroatoms. The van der Waals surface area contributed by atoms with Crippen molar-refractivity contribution >= 4 is 23.6 Å². The van der Waals surface area contributed by atoms with Crippen molar-refractivity contribution in [2.75, 3.05) is 6.54 Å². The zero-order chi connectivity index (χ0) is 12.7. The SMILES string of the molecule is [N-]=[N+]=NCCC=Cc1c(Cl)cccc1C(=O)O. The maximum Gasteiger partial charge on any atom is 0.336 e. The summed E-state index contributed by atoms with van der Waals surface area (Å²) >= 11 is 5.92. The number of benzene rings is 1. The third kappa shape index (κ3) is 3.83. The molecule has 0 saturated carbocycles. The van der Waals surface area contributed by atoms with Crippen LogP contribution in [0.25, 0.3) is 16.5 Å². The van der Waals surface area contributed by atoms with E-state index in [0.717, 1.165) is 0 Å². The van der Waals surface area contributed by atoms with Gasteiger partial charge < -0.3 is 5.11 Å². The Morgan fingerprint density at radius 2 is 2.35 bits per heavy atom. The van der Waals surface area contributed by atoms with E-state index in [0.29, 0.717) is 23.6 Å². The largest absolute Gasteiger partial charge is 0.478 e. The number of carboxylic acids is 1. The Labute approximate surface area is 103 Å². The van der Waals surface area contributed by atoms with Crippen LogP contribution in [0, 0.1) is 0 Å². The highest BCUT2D eigenvalue weighted by atomic mass is 35.5. The van der Waals surface area contributed by atoms with Crippen LogP contribution in [0.15, 0.2) is 29.4 Å². The summed E-state index contributed by atoms with van der Waals surface area (Å²) in [7, 11) is 0. The lowest BCUT2D eigenvalue weighted by molar-refractivity contribution is 0.0696. The number of carboxylic acid groups (broad SMARTS) is 1. The average Bonchev–Trinajstić information content (AvgIpc) is 2.30. The van der Waals surface area contributed by atoms with Crippen molar-refractivity contribution in [1.29, 1.82) is 0 Å². The highest BCUT2D eigenvalue weighted by Gasteiger charge is 2.09. The first-order chi connectivity index (χ1) is 8.16. The van der Waals surface area contributed by atoms with Gasteiger partial charge in [0.25, 0.3) is 0 Å². The molecule has 0 radical (unpaired) electrons. The monoisotopic (exact) mass is 251 g/mol. The second-order valence-corrected chi connectivity index (χ2v) is 3.56. The molecule has 1 aromatic carbocycles. The predicted molar refractivity (Wildman–Crippen MR) is 66.1 cm³/mol. The van der Waals surface area contributed by atoms with E-state index in [9.17, 15) is 4.79 Å². The fourth-order valence-electron chi connectivity index (χ4n) is 1.27. The summed E-state index contributed by atoms with van der Waals surface area (Å²) in [5, 5.41) is 12.7. The van der Waals surface area contributed by atoms with Crippen LogP contribution in [0.1, 0.15) is 22.3 Å². The van der Waals surface area contributed by atoms with Crippen LogP contribution in [-0.4, -0.2) is 17.6 Å². The van der Waals surface area contributed by atoms with E-state index in [1.165, 1.54) is 6.07 Å². The smallest absolute Gasteiger partial charge is 0.336 e. The molecule has 0 aliphatic heterocycles. The van der Waals surface area contributed by atoms with Gasteiger partial charge in [0.15, 0.2) is 0 Å². The minimum absolute atomic E-state index is 0.150. The van der Waals surface area contributed by atoms with E-state index >= 15 is 0 Å². The van der Waals surface area contributed by atoms with Crippen LogP contribution in [0.3, 0.4) is 0 Å². The first-order valence-corrected chi connectivity index (χ1v) is 5.24. The maximum atomic E-state index is 11.0. The molecular weight excluding hydrogens is 242 g/mol. The van der Waals surface area contributed by atoms with Crippen LogP contribution in [0.4, 0.5) is 0 Å². The van der Waals surface area contributed by atoms with Gasteiger partial charge in [0.1, 0.15) is 0 Å². The van der Waals surface area contributed by atoms with Crippen molar-refractivity contribution in [3.63, 3.8) is 0 Å². The highest BCUT2D eigenvalue weighted by molar-refractivity contribution is 6.32. The molecule has 0 aliphatic carbocycles. The highest BCUT2D eigenvalue weighted by Crippen LogP contribution is 2.21. The fourth-order valence-corrected chi connectivity index (χ4v) is 1.51. The molecule has 0 fully saturated rings. The molecular formula is C11H10ClN3O2. The fraction of sp³-hybridized carbons (Fsp3) is 0.182. The zero-order valence-corrected chi connectivity index (χ0v) is 9.63. The lowest BCUT2D eigenvalue weighted by Crippen LogP contribution is -1.99. The van der Waals surface area contributed by atoms with E-state index in [4.69, 9.17) is 22.2 Å². The Hall–Kier alpha value is -1.97. The van der Waals surface area contributed by atoms with E-state index < -0.39 is 5.97 Å². The van der Waals surface area contributed by atoms with Crippen LogP contribution < -0.4 is 0 Å². The first-order valence-electron chi connectivity index (χ1n) is 4.86. The third-order valence-corrected chi connectivity index (χ3v) is 2.36. The molecule has 88 valence electrons. The summed E-state index contributed by atoms with van der Waals surface area (Å²) in [6, 6.07) is 4.70. The number of azide groups is 1. The third-order valence-electron chi connectivity index (χ3n) is 2.03. The van der Waals surface area contributed by atoms with E-state index in [2.05, 4.69) is 10.0 Å². The molecule has 1 rings (SSSR count). The van der Waals surface area contributed by atoms with Crippen molar-refractivity contribution in [1.82, 2.24) is 0 Å². The van der Waals surface area contributed by atoms with Gasteiger partial charge in [-0.25, -0.2) is 4.79 Å². The van der Waals surface area contributed by atoms with Crippen molar-refractivity contribution in [2.45, 2.75) is 6.42 Å². The van der Waals surface area contributed by atoms with Crippen LogP contribution in [0.5, 0.6) is 0 Å².